The number of carbonyl (C=O) groups excluding carboxylic acids is 1. The van der Waals surface area contributed by atoms with Gasteiger partial charge >= 0.3 is 0 Å². The van der Waals surface area contributed by atoms with Gasteiger partial charge in [0.05, 0.1) is 11.4 Å². The van der Waals surface area contributed by atoms with Crippen LogP contribution in [0.5, 0.6) is 0 Å². The molecule has 1 unspecified atom stereocenters. The Hall–Kier alpha value is -1.56. The van der Waals surface area contributed by atoms with Crippen LogP contribution in [0.4, 0.5) is 5.69 Å². The van der Waals surface area contributed by atoms with Gasteiger partial charge < -0.3 is 16.0 Å². The third kappa shape index (κ3) is 3.12. The molecule has 0 aliphatic carbocycles. The molecule has 0 radical (unpaired) electrons. The van der Waals surface area contributed by atoms with Gasteiger partial charge in [-0.15, -0.1) is 0 Å². The molecule has 1 saturated heterocycles. The largest absolute Gasteiger partial charge is 0.395 e. The number of hydrogen-bond donors (Lipinski definition) is 2. The lowest BCUT2D eigenvalue weighted by Crippen LogP contribution is -2.41. The van der Waals surface area contributed by atoms with Gasteiger partial charge in [0.15, 0.2) is 0 Å². The number of nitrogen functional groups attached to an aromatic ring is 1. The Morgan fingerprint density at radius 1 is 1.45 bits per heavy atom. The molecular formula is C14H25N5O. The number of hydrogen-bond acceptors (Lipinski definition) is 4. The number of likely N-dealkylation sites (tertiary alicyclic amines) is 1. The maximum Gasteiger partial charge on any atom is 0.271 e. The van der Waals surface area contributed by atoms with Crippen LogP contribution >= 0.6 is 0 Å². The predicted octanol–water partition coefficient (Wildman–Crippen LogP) is 1.01. The highest BCUT2D eigenvalue weighted by Gasteiger charge is 2.22. The summed E-state index contributed by atoms with van der Waals surface area (Å²) in [5, 5.41) is 7.31. The van der Waals surface area contributed by atoms with Gasteiger partial charge in [-0.05, 0) is 46.7 Å². The highest BCUT2D eigenvalue weighted by molar-refractivity contribution is 5.98. The third-order valence-electron chi connectivity index (χ3n) is 3.80. The molecule has 0 bridgehead atoms. The SMILES string of the molecule is CCn1nc(C)c(N)c1C(=O)NC(C)CN1CCCC1. The van der Waals surface area contributed by atoms with Crippen LogP contribution in [0.3, 0.4) is 0 Å². The Bertz CT molecular complexity index is 476. The molecule has 0 spiro atoms. The molecule has 2 heterocycles. The van der Waals surface area contributed by atoms with Gasteiger partial charge in [0.1, 0.15) is 5.69 Å². The van der Waals surface area contributed by atoms with Crippen molar-refractivity contribution >= 4 is 11.6 Å². The van der Waals surface area contributed by atoms with E-state index >= 15 is 0 Å². The maximum atomic E-state index is 12.4. The monoisotopic (exact) mass is 279 g/mol. The van der Waals surface area contributed by atoms with Crippen LogP contribution in [0.15, 0.2) is 0 Å². The Labute approximate surface area is 120 Å². The summed E-state index contributed by atoms with van der Waals surface area (Å²) in [7, 11) is 0. The van der Waals surface area contributed by atoms with Gasteiger partial charge in [0.2, 0.25) is 0 Å². The van der Waals surface area contributed by atoms with Crippen LogP contribution in [0.2, 0.25) is 0 Å². The zero-order valence-corrected chi connectivity index (χ0v) is 12.6. The molecule has 1 amide bonds. The molecule has 0 aromatic carbocycles. The number of amides is 1. The predicted molar refractivity (Wildman–Crippen MR) is 79.7 cm³/mol. The van der Waals surface area contributed by atoms with Crippen molar-refractivity contribution in [2.75, 3.05) is 25.4 Å². The molecule has 1 aromatic rings. The average Bonchev–Trinajstić information content (AvgIpc) is 2.98. The summed E-state index contributed by atoms with van der Waals surface area (Å²) in [5.41, 5.74) is 7.65. The molecule has 6 nitrogen and oxygen atoms in total. The first-order valence-electron chi connectivity index (χ1n) is 7.39. The Balaban J connectivity index is 2.00. The van der Waals surface area contributed by atoms with Gasteiger partial charge in [-0.25, -0.2) is 0 Å². The minimum Gasteiger partial charge on any atom is -0.395 e. The highest BCUT2D eigenvalue weighted by Crippen LogP contribution is 2.16. The van der Waals surface area contributed by atoms with E-state index in [9.17, 15) is 4.79 Å². The minimum absolute atomic E-state index is 0.112. The van der Waals surface area contributed by atoms with E-state index in [1.165, 1.54) is 12.8 Å². The number of nitrogens with zero attached hydrogens (tertiary/aromatic N) is 3. The molecule has 1 fully saturated rings. The first-order chi connectivity index (χ1) is 9.52. The van der Waals surface area contributed by atoms with Crippen molar-refractivity contribution in [1.82, 2.24) is 20.0 Å². The van der Waals surface area contributed by atoms with Crippen LogP contribution in [0.25, 0.3) is 0 Å². The molecule has 1 aliphatic heterocycles. The summed E-state index contributed by atoms with van der Waals surface area (Å²) >= 11 is 0. The average molecular weight is 279 g/mol. The van der Waals surface area contributed by atoms with Crippen LogP contribution in [0, 0.1) is 6.92 Å². The fourth-order valence-electron chi connectivity index (χ4n) is 2.75. The number of nitrogens with two attached hydrogens (primary N) is 1. The summed E-state index contributed by atoms with van der Waals surface area (Å²) in [6.07, 6.45) is 2.52. The lowest BCUT2D eigenvalue weighted by Gasteiger charge is -2.21. The van der Waals surface area contributed by atoms with Gasteiger partial charge in [0, 0.05) is 19.1 Å². The molecule has 1 aliphatic rings. The van der Waals surface area contributed by atoms with E-state index < -0.39 is 0 Å². The first-order valence-corrected chi connectivity index (χ1v) is 7.39. The van der Waals surface area contributed by atoms with Crippen molar-refractivity contribution in [2.45, 2.75) is 46.2 Å². The number of rotatable bonds is 5. The Kier molecular flexibility index (Phi) is 4.65. The molecule has 3 N–H and O–H groups in total. The lowest BCUT2D eigenvalue weighted by atomic mass is 10.2. The smallest absolute Gasteiger partial charge is 0.271 e. The molecule has 0 saturated carbocycles. The van der Waals surface area contributed by atoms with Crippen molar-refractivity contribution in [1.29, 1.82) is 0 Å². The van der Waals surface area contributed by atoms with E-state index in [-0.39, 0.29) is 11.9 Å². The fraction of sp³-hybridized carbons (Fsp3) is 0.714. The minimum atomic E-state index is -0.128. The number of nitrogens with one attached hydrogen (secondary N) is 1. The summed E-state index contributed by atoms with van der Waals surface area (Å²) in [6.45, 7) is 9.61. The van der Waals surface area contributed by atoms with E-state index in [0.717, 1.165) is 19.6 Å². The van der Waals surface area contributed by atoms with Gasteiger partial charge in [-0.2, -0.15) is 5.10 Å². The second-order valence-electron chi connectivity index (χ2n) is 5.55. The van der Waals surface area contributed by atoms with Gasteiger partial charge in [0.25, 0.3) is 5.91 Å². The Morgan fingerprint density at radius 3 is 2.70 bits per heavy atom. The van der Waals surface area contributed by atoms with Crippen LogP contribution in [0.1, 0.15) is 42.9 Å². The topological polar surface area (TPSA) is 76.2 Å². The zero-order chi connectivity index (χ0) is 14.7. The number of aromatic nitrogens is 2. The lowest BCUT2D eigenvalue weighted by molar-refractivity contribution is 0.0922. The summed E-state index contributed by atoms with van der Waals surface area (Å²) in [4.78, 5) is 14.8. The van der Waals surface area contributed by atoms with Crippen molar-refractivity contribution < 1.29 is 4.79 Å². The number of carbonyl (C=O) groups is 1. The van der Waals surface area contributed by atoms with Crippen molar-refractivity contribution in [3.8, 4) is 0 Å². The maximum absolute atomic E-state index is 12.4. The van der Waals surface area contributed by atoms with Gasteiger partial charge in [-0.1, -0.05) is 0 Å². The third-order valence-corrected chi connectivity index (χ3v) is 3.80. The van der Waals surface area contributed by atoms with E-state index in [1.807, 2.05) is 20.8 Å². The van der Waals surface area contributed by atoms with E-state index in [4.69, 9.17) is 5.73 Å². The quantitative estimate of drug-likeness (QED) is 0.843. The number of anilines is 1. The number of aryl methyl sites for hydroxylation is 2. The highest BCUT2D eigenvalue weighted by atomic mass is 16.2. The Morgan fingerprint density at radius 2 is 2.10 bits per heavy atom. The van der Waals surface area contributed by atoms with E-state index in [2.05, 4.69) is 15.3 Å². The van der Waals surface area contributed by atoms with Crippen molar-refractivity contribution in [2.24, 2.45) is 0 Å². The van der Waals surface area contributed by atoms with Crippen LogP contribution < -0.4 is 11.1 Å². The molecule has 2 rings (SSSR count). The first kappa shape index (κ1) is 14.8. The molecule has 112 valence electrons. The summed E-state index contributed by atoms with van der Waals surface area (Å²) < 4.78 is 1.67. The van der Waals surface area contributed by atoms with Crippen LogP contribution in [-0.4, -0.2) is 46.3 Å². The fourth-order valence-corrected chi connectivity index (χ4v) is 2.75. The van der Waals surface area contributed by atoms with Crippen LogP contribution in [-0.2, 0) is 6.54 Å². The van der Waals surface area contributed by atoms with Gasteiger partial charge in [-0.3, -0.25) is 9.48 Å². The standard InChI is InChI=1S/C14H25N5O/c1-4-19-13(12(15)11(3)17-19)14(20)16-10(2)9-18-7-5-6-8-18/h10H,4-9,15H2,1-3H3,(H,16,20). The summed E-state index contributed by atoms with van der Waals surface area (Å²) in [5.74, 6) is -0.128. The molecule has 20 heavy (non-hydrogen) atoms. The second-order valence-corrected chi connectivity index (χ2v) is 5.55. The zero-order valence-electron chi connectivity index (χ0n) is 12.6. The van der Waals surface area contributed by atoms with E-state index in [1.54, 1.807) is 4.68 Å². The summed E-state index contributed by atoms with van der Waals surface area (Å²) in [6, 6.07) is 0.112. The molecule has 6 heteroatoms. The van der Waals surface area contributed by atoms with Crippen molar-refractivity contribution in [3.05, 3.63) is 11.4 Å². The molecular weight excluding hydrogens is 254 g/mol. The van der Waals surface area contributed by atoms with E-state index in [0.29, 0.717) is 23.6 Å². The molecule has 1 aromatic heterocycles. The molecule has 1 atom stereocenters. The van der Waals surface area contributed by atoms with Crippen molar-refractivity contribution in [3.63, 3.8) is 0 Å². The normalized spacial score (nSPS) is 17.4. The second kappa shape index (κ2) is 6.26.